The van der Waals surface area contributed by atoms with Gasteiger partial charge in [0.1, 0.15) is 5.82 Å². The molecule has 0 aliphatic rings. The van der Waals surface area contributed by atoms with E-state index < -0.39 is 23.5 Å². The Balaban J connectivity index is 2.55. The number of nitrogens with one attached hydrogen (secondary N) is 1. The van der Waals surface area contributed by atoms with E-state index >= 15 is 0 Å². The van der Waals surface area contributed by atoms with Crippen LogP contribution >= 0.6 is 15.9 Å². The minimum absolute atomic E-state index is 0.0142. The highest BCUT2D eigenvalue weighted by Crippen LogP contribution is 2.32. The van der Waals surface area contributed by atoms with Crippen molar-refractivity contribution in [1.29, 1.82) is 0 Å². The second kappa shape index (κ2) is 6.37. The van der Waals surface area contributed by atoms with Crippen molar-refractivity contribution in [3.05, 3.63) is 63.6 Å². The lowest BCUT2D eigenvalue weighted by Gasteiger charge is -2.21. The lowest BCUT2D eigenvalue weighted by atomic mass is 9.99. The molecule has 1 heterocycles. The molecule has 0 aliphatic carbocycles. The molecule has 0 radical (unpaired) electrons. The summed E-state index contributed by atoms with van der Waals surface area (Å²) in [5, 5.41) is 3.06. The van der Waals surface area contributed by atoms with Crippen molar-refractivity contribution < 1.29 is 13.2 Å². The molecule has 2 nitrogen and oxygen atoms in total. The number of hydrogen-bond donors (Lipinski definition) is 1. The third kappa shape index (κ3) is 2.86. The van der Waals surface area contributed by atoms with Crippen LogP contribution in [0.25, 0.3) is 0 Å². The maximum Gasteiger partial charge on any atom is 0.173 e. The molecule has 1 atom stereocenters. The molecule has 1 unspecified atom stereocenters. The summed E-state index contributed by atoms with van der Waals surface area (Å²) < 4.78 is 40.7. The first kappa shape index (κ1) is 15.0. The van der Waals surface area contributed by atoms with E-state index in [-0.39, 0.29) is 4.47 Å². The molecule has 2 aromatic rings. The van der Waals surface area contributed by atoms with Gasteiger partial charge in [-0.3, -0.25) is 4.98 Å². The van der Waals surface area contributed by atoms with E-state index in [0.29, 0.717) is 17.7 Å². The van der Waals surface area contributed by atoms with Crippen molar-refractivity contribution in [1.82, 2.24) is 10.3 Å². The fraction of sp³-hybridized carbons (Fsp3) is 0.214. The molecule has 0 aliphatic heterocycles. The Labute approximate surface area is 123 Å². The first-order valence-corrected chi connectivity index (χ1v) is 6.81. The van der Waals surface area contributed by atoms with Crippen molar-refractivity contribution in [3.63, 3.8) is 0 Å². The molecule has 1 N–H and O–H groups in total. The quantitative estimate of drug-likeness (QED) is 0.849. The van der Waals surface area contributed by atoms with Crippen LogP contribution in [0.5, 0.6) is 0 Å². The van der Waals surface area contributed by atoms with Crippen LogP contribution in [0.3, 0.4) is 0 Å². The van der Waals surface area contributed by atoms with Crippen molar-refractivity contribution in [2.24, 2.45) is 0 Å². The molecule has 1 aromatic carbocycles. The molecule has 0 fully saturated rings. The second-order valence-corrected chi connectivity index (χ2v) is 4.95. The summed E-state index contributed by atoms with van der Waals surface area (Å²) in [7, 11) is 0. The summed E-state index contributed by atoms with van der Waals surface area (Å²) >= 11 is 3.03. The first-order valence-electron chi connectivity index (χ1n) is 6.02. The molecule has 2 rings (SSSR count). The number of aromatic nitrogens is 1. The highest BCUT2D eigenvalue weighted by atomic mass is 79.9. The third-order valence-corrected chi connectivity index (χ3v) is 3.71. The van der Waals surface area contributed by atoms with Crippen LogP contribution in [0.1, 0.15) is 24.1 Å². The fourth-order valence-electron chi connectivity index (χ4n) is 1.98. The van der Waals surface area contributed by atoms with Crippen molar-refractivity contribution in [2.45, 2.75) is 13.0 Å². The van der Waals surface area contributed by atoms with E-state index in [1.54, 1.807) is 0 Å². The van der Waals surface area contributed by atoms with Gasteiger partial charge in [0.25, 0.3) is 0 Å². The normalized spacial score (nSPS) is 12.4. The standard InChI is InChI=1S/C14H12BrF3N2/c1-2-20-14(8-5-6-19-7-11(8)17)9-3-4-10(16)13(18)12(9)15/h3-7,14,20H,2H2,1H3. The van der Waals surface area contributed by atoms with Gasteiger partial charge in [-0.2, -0.15) is 0 Å². The van der Waals surface area contributed by atoms with Crippen molar-refractivity contribution in [2.75, 3.05) is 6.54 Å². The minimum Gasteiger partial charge on any atom is -0.306 e. The van der Waals surface area contributed by atoms with Gasteiger partial charge < -0.3 is 5.32 Å². The van der Waals surface area contributed by atoms with Gasteiger partial charge in [0, 0.05) is 11.8 Å². The summed E-state index contributed by atoms with van der Waals surface area (Å²) in [5.74, 6) is -2.44. The number of rotatable bonds is 4. The minimum atomic E-state index is -0.986. The molecule has 0 saturated heterocycles. The number of halogens is 4. The summed E-state index contributed by atoms with van der Waals surface area (Å²) in [6.07, 6.45) is 2.55. The average Bonchev–Trinajstić information content (AvgIpc) is 2.44. The Morgan fingerprint density at radius 2 is 1.90 bits per heavy atom. The summed E-state index contributed by atoms with van der Waals surface area (Å²) in [5.41, 5.74) is 0.754. The van der Waals surface area contributed by atoms with Crippen LogP contribution in [0.2, 0.25) is 0 Å². The average molecular weight is 345 g/mol. The molecule has 6 heteroatoms. The Bertz CT molecular complexity index is 619. The van der Waals surface area contributed by atoms with Gasteiger partial charge in [-0.05, 0) is 40.2 Å². The Morgan fingerprint density at radius 3 is 2.55 bits per heavy atom. The molecule has 0 bridgehead atoms. The lowest BCUT2D eigenvalue weighted by molar-refractivity contribution is 0.496. The van der Waals surface area contributed by atoms with Gasteiger partial charge >= 0.3 is 0 Å². The van der Waals surface area contributed by atoms with Gasteiger partial charge in [-0.25, -0.2) is 13.2 Å². The molecule has 106 valence electrons. The number of nitrogens with zero attached hydrogens (tertiary/aromatic N) is 1. The van der Waals surface area contributed by atoms with Gasteiger partial charge in [0.05, 0.1) is 16.7 Å². The SMILES string of the molecule is CCNC(c1ccncc1F)c1ccc(F)c(F)c1Br. The van der Waals surface area contributed by atoms with E-state index in [9.17, 15) is 13.2 Å². The topological polar surface area (TPSA) is 24.9 Å². The molecular formula is C14H12BrF3N2. The van der Waals surface area contributed by atoms with E-state index in [4.69, 9.17) is 0 Å². The predicted molar refractivity (Wildman–Crippen MR) is 73.8 cm³/mol. The monoisotopic (exact) mass is 344 g/mol. The van der Waals surface area contributed by atoms with E-state index in [1.165, 1.54) is 18.3 Å². The molecule has 1 aromatic heterocycles. The summed E-state index contributed by atoms with van der Waals surface area (Å²) in [6.45, 7) is 2.39. The van der Waals surface area contributed by atoms with Gasteiger partial charge in [-0.15, -0.1) is 0 Å². The lowest BCUT2D eigenvalue weighted by Crippen LogP contribution is -2.23. The van der Waals surface area contributed by atoms with E-state index in [0.717, 1.165) is 12.3 Å². The van der Waals surface area contributed by atoms with Crippen LogP contribution < -0.4 is 5.32 Å². The Morgan fingerprint density at radius 1 is 1.15 bits per heavy atom. The van der Waals surface area contributed by atoms with Crippen molar-refractivity contribution >= 4 is 15.9 Å². The van der Waals surface area contributed by atoms with Crippen molar-refractivity contribution in [3.8, 4) is 0 Å². The number of hydrogen-bond acceptors (Lipinski definition) is 2. The summed E-state index contributed by atoms with van der Waals surface area (Å²) in [6, 6.07) is 3.37. The van der Waals surface area contributed by atoms with Crippen LogP contribution in [0.4, 0.5) is 13.2 Å². The molecule has 0 spiro atoms. The zero-order valence-electron chi connectivity index (χ0n) is 10.6. The Hall–Kier alpha value is -1.40. The van der Waals surface area contributed by atoms with Gasteiger partial charge in [-0.1, -0.05) is 13.0 Å². The van der Waals surface area contributed by atoms with Gasteiger partial charge in [0.15, 0.2) is 11.6 Å². The molecule has 20 heavy (non-hydrogen) atoms. The largest absolute Gasteiger partial charge is 0.306 e. The Kier molecular flexibility index (Phi) is 4.77. The first-order chi connectivity index (χ1) is 9.56. The van der Waals surface area contributed by atoms with E-state index in [1.807, 2.05) is 6.92 Å². The second-order valence-electron chi connectivity index (χ2n) is 4.15. The maximum absolute atomic E-state index is 13.9. The highest BCUT2D eigenvalue weighted by molar-refractivity contribution is 9.10. The van der Waals surface area contributed by atoms with Crippen LogP contribution in [0.15, 0.2) is 35.1 Å². The number of benzene rings is 1. The maximum atomic E-state index is 13.9. The molecule has 0 amide bonds. The highest BCUT2D eigenvalue weighted by Gasteiger charge is 2.22. The summed E-state index contributed by atoms with van der Waals surface area (Å²) in [4.78, 5) is 3.69. The number of pyridine rings is 1. The zero-order valence-corrected chi connectivity index (χ0v) is 12.2. The van der Waals surface area contributed by atoms with Gasteiger partial charge in [0.2, 0.25) is 0 Å². The van der Waals surface area contributed by atoms with E-state index in [2.05, 4.69) is 26.2 Å². The van der Waals surface area contributed by atoms with Crippen LogP contribution in [-0.2, 0) is 0 Å². The smallest absolute Gasteiger partial charge is 0.173 e. The third-order valence-electron chi connectivity index (χ3n) is 2.90. The molecular weight excluding hydrogens is 333 g/mol. The zero-order chi connectivity index (χ0) is 14.7. The predicted octanol–water partition coefficient (Wildman–Crippen LogP) is 3.96. The van der Waals surface area contributed by atoms with Crippen LogP contribution in [-0.4, -0.2) is 11.5 Å². The van der Waals surface area contributed by atoms with Crippen LogP contribution in [0, 0.1) is 17.5 Å². The molecule has 0 saturated carbocycles. The fourth-order valence-corrected chi connectivity index (χ4v) is 2.53.